The molecule has 2 aromatic carbocycles. The summed E-state index contributed by atoms with van der Waals surface area (Å²) >= 11 is 0. The smallest absolute Gasteiger partial charge is 0.550 e. The van der Waals surface area contributed by atoms with Gasteiger partial charge in [-0.25, -0.2) is 0 Å². The molecule has 0 amide bonds. The summed E-state index contributed by atoms with van der Waals surface area (Å²) in [5, 5.41) is 40.0. The van der Waals surface area contributed by atoms with Crippen molar-refractivity contribution in [1.82, 2.24) is 0 Å². The predicted octanol–water partition coefficient (Wildman–Crippen LogP) is 6.10. The number of nitrogens with zero attached hydrogens (tertiary/aromatic N) is 2. The fourth-order valence-corrected chi connectivity index (χ4v) is 6.71. The van der Waals surface area contributed by atoms with Crippen molar-refractivity contribution in [2.45, 2.75) is 131 Å². The maximum atomic E-state index is 11.1. The zero-order chi connectivity index (χ0) is 35.6. The monoisotopic (exact) mass is 707 g/mol. The summed E-state index contributed by atoms with van der Waals surface area (Å²) < 4.78 is 0. The van der Waals surface area contributed by atoms with E-state index < -0.39 is 11.9 Å². The van der Waals surface area contributed by atoms with Gasteiger partial charge in [-0.05, 0) is 116 Å². The van der Waals surface area contributed by atoms with Gasteiger partial charge >= 0.3 is 16.8 Å². The average molecular weight is 708 g/mol. The van der Waals surface area contributed by atoms with E-state index in [0.29, 0.717) is 29.3 Å². The molecule has 8 nitrogen and oxygen atoms in total. The van der Waals surface area contributed by atoms with Crippen molar-refractivity contribution in [2.24, 2.45) is 27.7 Å². The minimum atomic E-state index is -1.08. The first-order valence-corrected chi connectivity index (χ1v) is 17.0. The van der Waals surface area contributed by atoms with Gasteiger partial charge in [0.15, 0.2) is 0 Å². The normalized spacial score (nSPS) is 19.9. The zero-order valence-electron chi connectivity index (χ0n) is 30.4. The van der Waals surface area contributed by atoms with Gasteiger partial charge in [0.25, 0.3) is 0 Å². The zero-order valence-corrected chi connectivity index (χ0v) is 31.5. The number of carboxylic acids is 2. The van der Waals surface area contributed by atoms with E-state index in [1.54, 1.807) is 0 Å². The maximum Gasteiger partial charge on any atom is 2.00 e. The number of aromatic hydroxyl groups is 2. The number of aliphatic imine (C=N–C) groups is 2. The fraction of sp³-hybridized carbons (Fsp3) is 0.590. The quantitative estimate of drug-likeness (QED) is 0.286. The molecular weight excluding hydrogens is 651 g/mol. The number of hydrogen-bond acceptors (Lipinski definition) is 8. The third kappa shape index (κ3) is 12.7. The number of hydrogen-bond donors (Lipinski definition) is 2. The van der Waals surface area contributed by atoms with E-state index in [4.69, 9.17) is 29.8 Å². The van der Waals surface area contributed by atoms with Crippen LogP contribution in [0.2, 0.25) is 0 Å². The molecule has 0 heterocycles. The molecule has 0 aromatic heterocycles. The van der Waals surface area contributed by atoms with Crippen molar-refractivity contribution in [3.63, 3.8) is 0 Å². The van der Waals surface area contributed by atoms with Crippen molar-refractivity contribution < 1.29 is 46.8 Å². The Morgan fingerprint density at radius 3 is 1.60 bits per heavy atom. The van der Waals surface area contributed by atoms with Crippen molar-refractivity contribution in [3.8, 4) is 11.5 Å². The first kappa shape index (κ1) is 42.8. The molecule has 3 atom stereocenters. The molecule has 2 saturated carbocycles. The van der Waals surface area contributed by atoms with E-state index >= 15 is 0 Å². The minimum absolute atomic E-state index is 0. The minimum Gasteiger partial charge on any atom is -0.550 e. The first-order valence-electron chi connectivity index (χ1n) is 17.0. The van der Waals surface area contributed by atoms with Crippen LogP contribution in [0.3, 0.4) is 0 Å². The molecular formula is C39H56CoN2O6. The molecule has 2 aromatic rings. The van der Waals surface area contributed by atoms with E-state index in [2.05, 4.69) is 79.7 Å². The van der Waals surface area contributed by atoms with Gasteiger partial charge in [0.1, 0.15) is 11.5 Å². The number of carbonyl (C=O) groups is 2. The van der Waals surface area contributed by atoms with E-state index in [0.717, 1.165) is 68.2 Å². The molecule has 0 aliphatic heterocycles. The Labute approximate surface area is 298 Å². The van der Waals surface area contributed by atoms with Gasteiger partial charge in [-0.15, -0.1) is 0 Å². The largest absolute Gasteiger partial charge is 2.00 e. The van der Waals surface area contributed by atoms with E-state index in [-0.39, 0.29) is 40.2 Å². The Balaban J connectivity index is 0.00000115. The van der Waals surface area contributed by atoms with Crippen LogP contribution in [0.4, 0.5) is 0 Å². The van der Waals surface area contributed by atoms with Crippen LogP contribution >= 0.6 is 0 Å². The number of benzene rings is 2. The van der Waals surface area contributed by atoms with Crippen molar-refractivity contribution in [1.29, 1.82) is 0 Å². The second kappa shape index (κ2) is 19.1. The molecule has 267 valence electrons. The molecule has 2 N–H and O–H groups in total. The predicted molar refractivity (Wildman–Crippen MR) is 187 cm³/mol. The molecule has 0 spiro atoms. The number of aliphatic carboxylic acids is 2. The number of carboxylic acid groups (broad SMARTS) is 2. The Bertz CT molecular complexity index is 1410. The van der Waals surface area contributed by atoms with Gasteiger partial charge in [0.05, 0.1) is 11.6 Å². The van der Waals surface area contributed by atoms with E-state index in [9.17, 15) is 10.2 Å². The van der Waals surface area contributed by atoms with Gasteiger partial charge in [-0.3, -0.25) is 9.98 Å². The average Bonchev–Trinajstić information content (AvgIpc) is 3.50. The van der Waals surface area contributed by atoms with Crippen molar-refractivity contribution >= 4 is 24.4 Å². The first-order chi connectivity index (χ1) is 21.8. The molecule has 2 fully saturated rings. The molecule has 1 radical (unpaired) electrons. The van der Waals surface area contributed by atoms with Gasteiger partial charge in [-0.1, -0.05) is 67.5 Å². The summed E-state index contributed by atoms with van der Waals surface area (Å²) in [6.07, 6.45) is 10.1. The topological polar surface area (TPSA) is 145 Å². The molecule has 0 saturated heterocycles. The van der Waals surface area contributed by atoms with Crippen molar-refractivity contribution in [3.05, 3.63) is 57.6 Å². The van der Waals surface area contributed by atoms with Gasteiger partial charge in [-0.2, -0.15) is 0 Å². The summed E-state index contributed by atoms with van der Waals surface area (Å²) in [4.78, 5) is 28.1. The van der Waals surface area contributed by atoms with Crippen LogP contribution in [0.5, 0.6) is 11.5 Å². The van der Waals surface area contributed by atoms with Crippen LogP contribution < -0.4 is 10.2 Å². The third-order valence-corrected chi connectivity index (χ3v) is 8.65. The second-order valence-electron chi connectivity index (χ2n) is 14.7. The van der Waals surface area contributed by atoms with Crippen molar-refractivity contribution in [2.75, 3.05) is 0 Å². The summed E-state index contributed by atoms with van der Waals surface area (Å²) in [5.41, 5.74) is 5.92. The summed E-state index contributed by atoms with van der Waals surface area (Å²) in [6, 6.07) is 8.64. The molecule has 2 bridgehead atoms. The van der Waals surface area contributed by atoms with Crippen LogP contribution in [-0.2, 0) is 39.2 Å². The van der Waals surface area contributed by atoms with Crippen LogP contribution in [0.1, 0.15) is 140 Å². The summed E-state index contributed by atoms with van der Waals surface area (Å²) in [6.45, 7) is 19.4. The molecule has 4 rings (SSSR count). The fourth-order valence-electron chi connectivity index (χ4n) is 6.71. The Kier molecular flexibility index (Phi) is 17.1. The standard InChI is InChI=1S/C35H50N2O2.2C2H4O2.Co/c1-21(2)11-26-13-28(33(38)30(15-26)23(5)6)19-36-32-17-25-9-10-35(32,18-25)37-20-29-14-27(12-22(3)4)16-31(24(7)8)34(29)39;2*1-2(3)4;/h13-16,19-25,32,38-39H,9-12,17-18H2,1-8H3;2*1H3,(H,3,4);/q;;;+2/p-2. The molecule has 3 unspecified atom stereocenters. The van der Waals surface area contributed by atoms with Gasteiger partial charge < -0.3 is 30.0 Å². The third-order valence-electron chi connectivity index (χ3n) is 8.65. The molecule has 2 aliphatic rings. The number of phenols is 2. The Morgan fingerprint density at radius 1 is 0.812 bits per heavy atom. The van der Waals surface area contributed by atoms with Gasteiger partial charge in [0, 0.05) is 35.5 Å². The van der Waals surface area contributed by atoms with Crippen LogP contribution in [0.15, 0.2) is 34.3 Å². The number of carbonyl (C=O) groups excluding carboxylic acids is 2. The Hall–Kier alpha value is -3.17. The number of rotatable bonds is 10. The molecule has 48 heavy (non-hydrogen) atoms. The maximum absolute atomic E-state index is 11.1. The molecule has 2 aliphatic carbocycles. The van der Waals surface area contributed by atoms with Crippen LogP contribution in [0.25, 0.3) is 0 Å². The van der Waals surface area contributed by atoms with Gasteiger partial charge in [0.2, 0.25) is 0 Å². The number of fused-ring (bicyclic) bond motifs is 2. The summed E-state index contributed by atoms with van der Waals surface area (Å²) in [7, 11) is 0. The van der Waals surface area contributed by atoms with Crippen LogP contribution in [0, 0.1) is 17.8 Å². The van der Waals surface area contributed by atoms with E-state index in [1.165, 1.54) is 17.5 Å². The summed E-state index contributed by atoms with van der Waals surface area (Å²) in [5.74, 6) is 0.786. The number of phenolic OH excluding ortho intramolecular Hbond substituents is 2. The molecule has 9 heteroatoms. The van der Waals surface area contributed by atoms with Crippen LogP contribution in [-0.4, -0.2) is 46.2 Å². The van der Waals surface area contributed by atoms with E-state index in [1.807, 2.05) is 12.4 Å². The SMILES string of the molecule is CC(=O)[O-].CC(=O)[O-].CC(C)Cc1cc(C=NC2CC3CCC2(N=Cc2cc(CC(C)C)cc(C(C)C)c2O)C3)c(O)c(C(C)C)c1.[Co+2]. The Morgan fingerprint density at radius 2 is 1.23 bits per heavy atom. The second-order valence-corrected chi connectivity index (χ2v) is 14.7.